The van der Waals surface area contributed by atoms with Gasteiger partial charge in [0.2, 0.25) is 5.83 Å². The summed E-state index contributed by atoms with van der Waals surface area (Å²) in [6, 6.07) is 0.0344. The summed E-state index contributed by atoms with van der Waals surface area (Å²) in [4.78, 5) is 27.7. The first-order valence-corrected chi connectivity index (χ1v) is 8.73. The van der Waals surface area contributed by atoms with Gasteiger partial charge in [0, 0.05) is 0 Å². The zero-order valence-corrected chi connectivity index (χ0v) is 16.4. The standard InChI is InChI=1S/C13H3F10N5O6S/c14-7(11(15,16)17)8-10(12(18,19)20,13(21,22)23)25-9(35-8)24-6-4(27(31)32)1-3(26(29)30)2-5(6)28(33)34/h1-2H,(H,24,25)/b8-7+. The van der Waals surface area contributed by atoms with Crippen molar-refractivity contribution in [3.63, 3.8) is 0 Å². The minimum Gasteiger partial charge on any atom is -0.323 e. The molecule has 1 heterocycles. The molecule has 2 rings (SSSR count). The van der Waals surface area contributed by atoms with E-state index in [0.717, 1.165) is 0 Å². The maximum absolute atomic E-state index is 13.8. The molecule has 1 aliphatic heterocycles. The van der Waals surface area contributed by atoms with Gasteiger partial charge < -0.3 is 5.32 Å². The highest BCUT2D eigenvalue weighted by atomic mass is 32.2. The Morgan fingerprint density at radius 3 is 1.60 bits per heavy atom. The van der Waals surface area contributed by atoms with Crippen molar-refractivity contribution in [2.45, 2.75) is 24.1 Å². The number of amidine groups is 1. The Hall–Kier alpha value is -3.72. The van der Waals surface area contributed by atoms with Crippen LogP contribution in [-0.4, -0.2) is 44.0 Å². The van der Waals surface area contributed by atoms with Gasteiger partial charge in [0.25, 0.3) is 11.2 Å². The monoisotopic (exact) mass is 547 g/mol. The van der Waals surface area contributed by atoms with Crippen LogP contribution in [0.4, 0.5) is 66.7 Å². The molecule has 1 aromatic rings. The third-order valence-corrected chi connectivity index (χ3v) is 5.05. The number of hydrogen-bond acceptors (Lipinski definition) is 9. The molecule has 0 unspecified atom stereocenters. The molecule has 0 amide bonds. The molecule has 0 aliphatic carbocycles. The Labute approximate surface area is 186 Å². The van der Waals surface area contributed by atoms with Crippen LogP contribution in [-0.2, 0) is 0 Å². The number of allylic oxidation sites excluding steroid dienone is 1. The number of nitro benzene ring substituents is 3. The number of hydrogen-bond donors (Lipinski definition) is 1. The molecule has 0 fully saturated rings. The van der Waals surface area contributed by atoms with Crippen LogP contribution in [0.15, 0.2) is 27.9 Å². The summed E-state index contributed by atoms with van der Waals surface area (Å²) in [6.07, 6.45) is -19.9. The highest BCUT2D eigenvalue weighted by Crippen LogP contribution is 2.60. The van der Waals surface area contributed by atoms with Crippen molar-refractivity contribution >= 4 is 39.7 Å². The van der Waals surface area contributed by atoms with E-state index in [0.29, 0.717) is 0 Å². The van der Waals surface area contributed by atoms with Crippen LogP contribution in [0.3, 0.4) is 0 Å². The van der Waals surface area contributed by atoms with E-state index in [4.69, 9.17) is 0 Å². The SMILES string of the molecule is O=[N+]([O-])c1cc([N+](=O)[O-])c(NC2=NC(C(F)(F)F)(C(F)(F)F)/C(=C(\F)C(F)(F)F)S2)c([N+](=O)[O-])c1. The van der Waals surface area contributed by atoms with Gasteiger partial charge in [-0.3, -0.25) is 30.3 Å². The molecule has 0 saturated carbocycles. The van der Waals surface area contributed by atoms with Gasteiger partial charge in [-0.05, 0) is 0 Å². The van der Waals surface area contributed by atoms with Gasteiger partial charge in [0.15, 0.2) is 10.9 Å². The van der Waals surface area contributed by atoms with Gasteiger partial charge in [-0.1, -0.05) is 11.8 Å². The van der Waals surface area contributed by atoms with E-state index in [9.17, 15) is 74.2 Å². The highest BCUT2D eigenvalue weighted by Gasteiger charge is 2.77. The van der Waals surface area contributed by atoms with Gasteiger partial charge in [0.05, 0.1) is 31.8 Å². The normalized spacial score (nSPS) is 17.6. The summed E-state index contributed by atoms with van der Waals surface area (Å²) < 4.78 is 133. The van der Waals surface area contributed by atoms with Crippen molar-refractivity contribution in [3.8, 4) is 0 Å². The predicted octanol–water partition coefficient (Wildman–Crippen LogP) is 5.53. The van der Waals surface area contributed by atoms with Crippen molar-refractivity contribution in [1.82, 2.24) is 0 Å². The summed E-state index contributed by atoms with van der Waals surface area (Å²) in [6.45, 7) is 0. The molecule has 22 heteroatoms. The first-order chi connectivity index (χ1) is 15.6. The molecule has 1 aromatic carbocycles. The Kier molecular flexibility index (Phi) is 6.68. The van der Waals surface area contributed by atoms with Gasteiger partial charge in [0.1, 0.15) is 0 Å². The molecule has 0 aromatic heterocycles. The number of thioether (sulfide) groups is 1. The molecule has 1 N–H and O–H groups in total. The predicted molar refractivity (Wildman–Crippen MR) is 94.1 cm³/mol. The second kappa shape index (κ2) is 8.49. The third-order valence-electron chi connectivity index (χ3n) is 3.98. The lowest BCUT2D eigenvalue weighted by Gasteiger charge is -2.31. The zero-order chi connectivity index (χ0) is 27.3. The molecular weight excluding hydrogens is 544 g/mol. The van der Waals surface area contributed by atoms with Gasteiger partial charge >= 0.3 is 29.9 Å². The number of nitro groups is 3. The first-order valence-electron chi connectivity index (χ1n) is 7.92. The molecule has 11 nitrogen and oxygen atoms in total. The molecule has 0 atom stereocenters. The lowest BCUT2D eigenvalue weighted by Crippen LogP contribution is -2.55. The fraction of sp³-hybridized carbons (Fsp3) is 0.308. The average molecular weight is 547 g/mol. The van der Waals surface area contributed by atoms with Gasteiger partial charge in [-0.2, -0.15) is 39.5 Å². The topological polar surface area (TPSA) is 154 Å². The quantitative estimate of drug-likeness (QED) is 0.293. The van der Waals surface area contributed by atoms with Crippen LogP contribution < -0.4 is 5.32 Å². The second-order valence-electron chi connectivity index (χ2n) is 6.12. The maximum atomic E-state index is 13.8. The van der Waals surface area contributed by atoms with E-state index in [1.54, 1.807) is 0 Å². The van der Waals surface area contributed by atoms with Gasteiger partial charge in [-0.15, -0.1) is 0 Å². The number of aliphatic imine (C=N–C) groups is 1. The minimum atomic E-state index is -6.76. The zero-order valence-electron chi connectivity index (χ0n) is 15.6. The molecule has 0 radical (unpaired) electrons. The highest BCUT2D eigenvalue weighted by molar-refractivity contribution is 8.17. The third kappa shape index (κ3) is 4.77. The van der Waals surface area contributed by atoms with E-state index < -0.39 is 89.2 Å². The lowest BCUT2D eigenvalue weighted by atomic mass is 9.97. The minimum absolute atomic E-state index is 0.0172. The summed E-state index contributed by atoms with van der Waals surface area (Å²) >= 11 is -1.24. The summed E-state index contributed by atoms with van der Waals surface area (Å²) in [5.74, 6) is -3.86. The number of benzene rings is 1. The molecule has 1 aliphatic rings. The fourth-order valence-electron chi connectivity index (χ4n) is 2.55. The number of nitrogens with zero attached hydrogens (tertiary/aromatic N) is 4. The molecule has 0 saturated heterocycles. The van der Waals surface area contributed by atoms with Crippen LogP contribution in [0, 0.1) is 30.3 Å². The molecule has 192 valence electrons. The number of rotatable bonds is 4. The number of anilines is 1. The van der Waals surface area contributed by atoms with E-state index in [1.165, 1.54) is 5.32 Å². The van der Waals surface area contributed by atoms with E-state index in [-0.39, 0.29) is 12.1 Å². The van der Waals surface area contributed by atoms with Crippen molar-refractivity contribution in [2.24, 2.45) is 4.99 Å². The molecule has 0 bridgehead atoms. The second-order valence-corrected chi connectivity index (χ2v) is 7.12. The van der Waals surface area contributed by atoms with Crippen molar-refractivity contribution in [2.75, 3.05) is 5.32 Å². The van der Waals surface area contributed by atoms with E-state index in [1.807, 2.05) is 0 Å². The van der Waals surface area contributed by atoms with Crippen molar-refractivity contribution < 1.29 is 58.7 Å². The van der Waals surface area contributed by atoms with E-state index in [2.05, 4.69) is 4.99 Å². The van der Waals surface area contributed by atoms with E-state index >= 15 is 0 Å². The Morgan fingerprint density at radius 1 is 0.857 bits per heavy atom. The number of non-ortho nitro benzene ring substituents is 1. The Morgan fingerprint density at radius 2 is 1.29 bits per heavy atom. The van der Waals surface area contributed by atoms with Gasteiger partial charge in [-0.25, -0.2) is 9.38 Å². The van der Waals surface area contributed by atoms with Crippen LogP contribution in [0.25, 0.3) is 0 Å². The van der Waals surface area contributed by atoms with Crippen LogP contribution in [0.2, 0.25) is 0 Å². The largest absolute Gasteiger partial charge is 0.443 e. The smallest absolute Gasteiger partial charge is 0.323 e. The van der Waals surface area contributed by atoms with Crippen LogP contribution >= 0.6 is 11.8 Å². The number of halogens is 10. The molecule has 35 heavy (non-hydrogen) atoms. The lowest BCUT2D eigenvalue weighted by molar-refractivity contribution is -0.401. The molecule has 0 spiro atoms. The Balaban J connectivity index is 2.88. The first kappa shape index (κ1) is 27.5. The number of nitrogens with one attached hydrogen (secondary N) is 1. The molecular formula is C13H3F10N5O6S. The number of alkyl halides is 9. The summed E-state index contributed by atoms with van der Waals surface area (Å²) in [5.41, 5.74) is -12.0. The van der Waals surface area contributed by atoms with Crippen LogP contribution in [0.5, 0.6) is 0 Å². The summed E-state index contributed by atoms with van der Waals surface area (Å²) in [7, 11) is 0. The Bertz CT molecular complexity index is 1130. The average Bonchev–Trinajstić information content (AvgIpc) is 3.06. The summed E-state index contributed by atoms with van der Waals surface area (Å²) in [5, 5.41) is 32.6. The van der Waals surface area contributed by atoms with Crippen molar-refractivity contribution in [1.29, 1.82) is 0 Å². The van der Waals surface area contributed by atoms with Crippen LogP contribution in [0.1, 0.15) is 0 Å². The fourth-order valence-corrected chi connectivity index (χ4v) is 3.71. The maximum Gasteiger partial charge on any atom is 0.443 e. The van der Waals surface area contributed by atoms with Crippen molar-refractivity contribution in [3.05, 3.63) is 53.2 Å².